The van der Waals surface area contributed by atoms with Crippen LogP contribution in [0.1, 0.15) is 21.5 Å². The quantitative estimate of drug-likeness (QED) is 0.429. The number of nitrogens with zero attached hydrogens (tertiary/aromatic N) is 1. The van der Waals surface area contributed by atoms with Crippen LogP contribution in [0.25, 0.3) is 6.08 Å². The summed E-state index contributed by atoms with van der Waals surface area (Å²) in [5.41, 5.74) is 1.43. The molecule has 3 aromatic carbocycles. The lowest BCUT2D eigenvalue weighted by Gasteiger charge is -2.09. The lowest BCUT2D eigenvalue weighted by molar-refractivity contribution is -0.115. The van der Waals surface area contributed by atoms with Gasteiger partial charge in [-0.25, -0.2) is 4.39 Å². The van der Waals surface area contributed by atoms with Crippen LogP contribution >= 0.6 is 35.0 Å². The van der Waals surface area contributed by atoms with Crippen molar-refractivity contribution in [1.82, 2.24) is 5.32 Å². The number of halogens is 3. The third-order valence-corrected chi connectivity index (χ3v) is 6.00. The molecule has 1 saturated heterocycles. The predicted molar refractivity (Wildman–Crippen MR) is 129 cm³/mol. The maximum atomic E-state index is 13.7. The Hall–Kier alpha value is -3.13. The standard InChI is InChI=1S/C24H15Cl2FN2O3S/c25-17-8-6-15(7-9-17)22(30)28-24-29-23(31)21(33-24)12-14-5-10-20(18(26)11-14)32-13-16-3-1-2-4-19(16)27/h1-12H,13H2,(H,28,29,30,31)/b21-12-. The van der Waals surface area contributed by atoms with Crippen molar-refractivity contribution >= 4 is 58.0 Å². The van der Waals surface area contributed by atoms with E-state index in [1.807, 2.05) is 0 Å². The van der Waals surface area contributed by atoms with Crippen molar-refractivity contribution in [2.45, 2.75) is 6.61 Å². The highest BCUT2D eigenvalue weighted by Crippen LogP contribution is 2.31. The SMILES string of the molecule is O=C1NC(=NC(=O)c2ccc(Cl)cc2)S/C1=C\c1ccc(OCc2ccccc2F)c(Cl)c1. The summed E-state index contributed by atoms with van der Waals surface area (Å²) in [7, 11) is 0. The van der Waals surface area contributed by atoms with Gasteiger partial charge in [0.1, 0.15) is 18.2 Å². The number of rotatable bonds is 5. The molecule has 1 N–H and O–H groups in total. The molecular weight excluding hydrogens is 486 g/mol. The minimum atomic E-state index is -0.491. The zero-order chi connectivity index (χ0) is 23.4. The molecule has 0 aromatic heterocycles. The van der Waals surface area contributed by atoms with Gasteiger partial charge in [-0.1, -0.05) is 47.5 Å². The molecular formula is C24H15Cl2FN2O3S. The first kappa shape index (κ1) is 23.0. The third-order valence-electron chi connectivity index (χ3n) is 4.54. The number of ether oxygens (including phenoxy) is 1. The number of thioether (sulfide) groups is 1. The summed E-state index contributed by atoms with van der Waals surface area (Å²) in [4.78, 5) is 28.9. The second-order valence-corrected chi connectivity index (χ2v) is 8.74. The number of benzene rings is 3. The fourth-order valence-electron chi connectivity index (χ4n) is 2.88. The zero-order valence-corrected chi connectivity index (χ0v) is 19.2. The van der Waals surface area contributed by atoms with E-state index in [-0.39, 0.29) is 23.5 Å². The predicted octanol–water partition coefficient (Wildman–Crippen LogP) is 6.11. The van der Waals surface area contributed by atoms with Gasteiger partial charge in [0, 0.05) is 16.1 Å². The molecule has 1 aliphatic rings. The van der Waals surface area contributed by atoms with E-state index in [9.17, 15) is 14.0 Å². The molecule has 0 bridgehead atoms. The number of amides is 2. The molecule has 166 valence electrons. The average Bonchev–Trinajstić information content (AvgIpc) is 3.13. The van der Waals surface area contributed by atoms with E-state index >= 15 is 0 Å². The summed E-state index contributed by atoms with van der Waals surface area (Å²) in [6.07, 6.45) is 1.63. The van der Waals surface area contributed by atoms with Crippen LogP contribution in [-0.4, -0.2) is 17.0 Å². The Morgan fingerprint density at radius 1 is 1.09 bits per heavy atom. The van der Waals surface area contributed by atoms with Gasteiger partial charge in [-0.3, -0.25) is 9.59 Å². The van der Waals surface area contributed by atoms with Crippen LogP contribution < -0.4 is 10.1 Å². The summed E-state index contributed by atoms with van der Waals surface area (Å²) in [5.74, 6) is -0.832. The van der Waals surface area contributed by atoms with Gasteiger partial charge in [0.15, 0.2) is 5.17 Å². The Bertz CT molecular complexity index is 1290. The average molecular weight is 501 g/mol. The van der Waals surface area contributed by atoms with Crippen LogP contribution in [0.5, 0.6) is 5.75 Å². The van der Waals surface area contributed by atoms with Gasteiger partial charge in [0.25, 0.3) is 11.8 Å². The van der Waals surface area contributed by atoms with Crippen LogP contribution in [0, 0.1) is 5.82 Å². The Kier molecular flexibility index (Phi) is 7.13. The molecule has 3 aromatic rings. The summed E-state index contributed by atoms with van der Waals surface area (Å²) >= 11 is 13.2. The van der Waals surface area contributed by atoms with Crippen molar-refractivity contribution in [1.29, 1.82) is 0 Å². The van der Waals surface area contributed by atoms with E-state index < -0.39 is 5.91 Å². The van der Waals surface area contributed by atoms with E-state index in [1.54, 1.807) is 66.7 Å². The number of carbonyl (C=O) groups is 2. The van der Waals surface area contributed by atoms with E-state index in [4.69, 9.17) is 27.9 Å². The number of nitrogens with one attached hydrogen (secondary N) is 1. The first-order valence-electron chi connectivity index (χ1n) is 9.64. The Morgan fingerprint density at radius 3 is 2.58 bits per heavy atom. The fraction of sp³-hybridized carbons (Fsp3) is 0.0417. The summed E-state index contributed by atoms with van der Waals surface area (Å²) in [5, 5.41) is 3.58. The minimum absolute atomic E-state index is 0.0343. The Balaban J connectivity index is 1.44. The van der Waals surface area contributed by atoms with Crippen molar-refractivity contribution in [3.8, 4) is 5.75 Å². The van der Waals surface area contributed by atoms with Crippen molar-refractivity contribution in [3.05, 3.63) is 104 Å². The number of hydrogen-bond acceptors (Lipinski definition) is 4. The van der Waals surface area contributed by atoms with Gasteiger partial charge >= 0.3 is 0 Å². The zero-order valence-electron chi connectivity index (χ0n) is 16.8. The molecule has 5 nitrogen and oxygen atoms in total. The van der Waals surface area contributed by atoms with Gasteiger partial charge in [0.2, 0.25) is 0 Å². The van der Waals surface area contributed by atoms with Crippen LogP contribution in [0.15, 0.2) is 76.6 Å². The minimum Gasteiger partial charge on any atom is -0.487 e. The lowest BCUT2D eigenvalue weighted by Crippen LogP contribution is -2.20. The second kappa shape index (κ2) is 10.2. The number of amidine groups is 1. The maximum absolute atomic E-state index is 13.7. The van der Waals surface area contributed by atoms with E-state index in [0.717, 1.165) is 11.8 Å². The number of aliphatic imine (C=N–C) groups is 1. The molecule has 0 unspecified atom stereocenters. The highest BCUT2D eigenvalue weighted by Gasteiger charge is 2.25. The van der Waals surface area contributed by atoms with Crippen LogP contribution in [0.4, 0.5) is 4.39 Å². The fourth-order valence-corrected chi connectivity index (χ4v) is 4.06. The van der Waals surface area contributed by atoms with Crippen molar-refractivity contribution in [3.63, 3.8) is 0 Å². The van der Waals surface area contributed by atoms with Gasteiger partial charge in [-0.2, -0.15) is 4.99 Å². The smallest absolute Gasteiger partial charge is 0.279 e. The molecule has 0 radical (unpaired) electrons. The highest BCUT2D eigenvalue weighted by atomic mass is 35.5. The van der Waals surface area contributed by atoms with E-state index in [1.165, 1.54) is 6.07 Å². The second-order valence-electron chi connectivity index (χ2n) is 6.86. The van der Waals surface area contributed by atoms with Gasteiger partial charge < -0.3 is 10.1 Å². The first-order chi connectivity index (χ1) is 15.9. The Morgan fingerprint density at radius 2 is 1.85 bits per heavy atom. The largest absolute Gasteiger partial charge is 0.487 e. The molecule has 0 spiro atoms. The lowest BCUT2D eigenvalue weighted by atomic mass is 10.2. The molecule has 1 heterocycles. The monoisotopic (exact) mass is 500 g/mol. The third kappa shape index (κ3) is 5.82. The molecule has 0 aliphatic carbocycles. The number of hydrogen-bond donors (Lipinski definition) is 1. The van der Waals surface area contributed by atoms with Gasteiger partial charge in [-0.05, 0) is 65.9 Å². The molecule has 0 atom stereocenters. The van der Waals surface area contributed by atoms with Gasteiger partial charge in [0.05, 0.1) is 9.93 Å². The van der Waals surface area contributed by atoms with Crippen LogP contribution in [-0.2, 0) is 11.4 Å². The highest BCUT2D eigenvalue weighted by molar-refractivity contribution is 8.18. The molecule has 1 aliphatic heterocycles. The molecule has 1 fully saturated rings. The molecule has 0 saturated carbocycles. The molecule has 4 rings (SSSR count). The van der Waals surface area contributed by atoms with Crippen molar-refractivity contribution in [2.75, 3.05) is 0 Å². The van der Waals surface area contributed by atoms with Crippen LogP contribution in [0.3, 0.4) is 0 Å². The topological polar surface area (TPSA) is 67.8 Å². The number of carbonyl (C=O) groups excluding carboxylic acids is 2. The summed E-state index contributed by atoms with van der Waals surface area (Å²) in [6.45, 7) is 0.0343. The van der Waals surface area contributed by atoms with E-state index in [2.05, 4.69) is 10.3 Å². The van der Waals surface area contributed by atoms with Crippen LogP contribution in [0.2, 0.25) is 10.0 Å². The van der Waals surface area contributed by atoms with Gasteiger partial charge in [-0.15, -0.1) is 0 Å². The summed E-state index contributed by atoms with van der Waals surface area (Å²) in [6, 6.07) is 17.6. The summed E-state index contributed by atoms with van der Waals surface area (Å²) < 4.78 is 19.4. The normalized spacial score (nSPS) is 15.7. The maximum Gasteiger partial charge on any atom is 0.279 e. The van der Waals surface area contributed by atoms with Crippen molar-refractivity contribution in [2.24, 2.45) is 4.99 Å². The Labute approximate surface area is 203 Å². The molecule has 33 heavy (non-hydrogen) atoms. The van der Waals surface area contributed by atoms with E-state index in [0.29, 0.717) is 37.4 Å². The van der Waals surface area contributed by atoms with Crippen molar-refractivity contribution < 1.29 is 18.7 Å². The molecule has 9 heteroatoms. The first-order valence-corrected chi connectivity index (χ1v) is 11.2. The molecule has 2 amide bonds.